The fourth-order valence-corrected chi connectivity index (χ4v) is 2.62. The van der Waals surface area contributed by atoms with Crippen LogP contribution in [0.25, 0.3) is 16.9 Å². The molecular formula is C17H16BrN3O2. The zero-order valence-electron chi connectivity index (χ0n) is 12.9. The molecular weight excluding hydrogens is 358 g/mol. The first-order valence-corrected chi connectivity index (χ1v) is 8.24. The predicted molar refractivity (Wildman–Crippen MR) is 91.5 cm³/mol. The van der Waals surface area contributed by atoms with Crippen molar-refractivity contribution in [2.45, 2.75) is 20.3 Å². The van der Waals surface area contributed by atoms with Crippen LogP contribution in [0.4, 0.5) is 0 Å². The first-order valence-electron chi connectivity index (χ1n) is 7.45. The Balaban J connectivity index is 2.10. The summed E-state index contributed by atoms with van der Waals surface area (Å²) in [6, 6.07) is 11.5. The lowest BCUT2D eigenvalue weighted by molar-refractivity contribution is 0.0519. The smallest absolute Gasteiger partial charge is 0.357 e. The molecule has 1 aromatic carbocycles. The van der Waals surface area contributed by atoms with Crippen LogP contribution in [0, 0.1) is 0 Å². The number of rotatable bonds is 4. The highest BCUT2D eigenvalue weighted by Crippen LogP contribution is 2.22. The highest BCUT2D eigenvalue weighted by atomic mass is 79.9. The van der Waals surface area contributed by atoms with Gasteiger partial charge in [0, 0.05) is 21.8 Å². The van der Waals surface area contributed by atoms with Gasteiger partial charge in [-0.3, -0.25) is 0 Å². The van der Waals surface area contributed by atoms with Crippen LogP contribution in [0.15, 0.2) is 40.9 Å². The highest BCUT2D eigenvalue weighted by Gasteiger charge is 2.15. The number of halogens is 1. The number of nitrogens with zero attached hydrogens (tertiary/aromatic N) is 3. The molecule has 0 saturated heterocycles. The number of carbonyl (C=O) groups excluding carboxylic acids is 1. The molecule has 0 spiro atoms. The van der Waals surface area contributed by atoms with E-state index in [2.05, 4.69) is 26.0 Å². The maximum absolute atomic E-state index is 12.0. The zero-order valence-corrected chi connectivity index (χ0v) is 14.5. The molecule has 0 saturated carbocycles. The van der Waals surface area contributed by atoms with Gasteiger partial charge in [0.05, 0.1) is 12.3 Å². The predicted octanol–water partition coefficient (Wildman–Crippen LogP) is 3.90. The van der Waals surface area contributed by atoms with Crippen molar-refractivity contribution in [3.63, 3.8) is 0 Å². The lowest BCUT2D eigenvalue weighted by Crippen LogP contribution is -2.10. The Morgan fingerprint density at radius 2 is 1.96 bits per heavy atom. The van der Waals surface area contributed by atoms with Crippen molar-refractivity contribution in [2.75, 3.05) is 6.61 Å². The summed E-state index contributed by atoms with van der Waals surface area (Å²) in [5, 5.41) is 4.62. The molecule has 6 heteroatoms. The second-order valence-electron chi connectivity index (χ2n) is 5.01. The summed E-state index contributed by atoms with van der Waals surface area (Å²) >= 11 is 3.43. The summed E-state index contributed by atoms with van der Waals surface area (Å²) in [6.45, 7) is 4.13. The molecule has 0 bridgehead atoms. The number of carbonyl (C=O) groups is 1. The van der Waals surface area contributed by atoms with E-state index in [0.717, 1.165) is 27.8 Å². The lowest BCUT2D eigenvalue weighted by atomic mass is 10.2. The molecule has 0 fully saturated rings. The van der Waals surface area contributed by atoms with Crippen LogP contribution in [0.2, 0.25) is 0 Å². The van der Waals surface area contributed by atoms with E-state index in [9.17, 15) is 4.79 Å². The highest BCUT2D eigenvalue weighted by molar-refractivity contribution is 9.10. The zero-order chi connectivity index (χ0) is 16.4. The van der Waals surface area contributed by atoms with E-state index in [1.807, 2.05) is 37.3 Å². The largest absolute Gasteiger partial charge is 0.461 e. The molecule has 0 aliphatic heterocycles. The molecule has 0 radical (unpaired) electrons. The average Bonchev–Trinajstić information content (AvgIpc) is 2.98. The SMILES string of the molecule is CCOC(=O)c1cc(CC)n2nc(-c3ccc(Br)cc3)cc2n1. The van der Waals surface area contributed by atoms with Crippen LogP contribution in [0.5, 0.6) is 0 Å². The minimum Gasteiger partial charge on any atom is -0.461 e. The van der Waals surface area contributed by atoms with Crippen molar-refractivity contribution < 1.29 is 9.53 Å². The number of esters is 1. The number of hydrogen-bond donors (Lipinski definition) is 0. The number of aryl methyl sites for hydroxylation is 1. The number of aromatic nitrogens is 3. The Morgan fingerprint density at radius 3 is 2.61 bits per heavy atom. The van der Waals surface area contributed by atoms with Crippen LogP contribution in [0.3, 0.4) is 0 Å². The summed E-state index contributed by atoms with van der Waals surface area (Å²) in [5.74, 6) is -0.406. The van der Waals surface area contributed by atoms with E-state index in [-0.39, 0.29) is 0 Å². The molecule has 0 atom stereocenters. The standard InChI is InChI=1S/C17H16BrN3O2/c1-3-13-9-15(17(22)23-4-2)19-16-10-14(20-21(13)16)11-5-7-12(18)8-6-11/h5-10H,3-4H2,1-2H3. The van der Waals surface area contributed by atoms with E-state index in [4.69, 9.17) is 4.74 Å². The van der Waals surface area contributed by atoms with Gasteiger partial charge in [0.2, 0.25) is 0 Å². The third-order valence-electron chi connectivity index (χ3n) is 3.49. The van der Waals surface area contributed by atoms with Crippen LogP contribution in [-0.2, 0) is 11.2 Å². The van der Waals surface area contributed by atoms with Crippen LogP contribution in [-0.4, -0.2) is 27.2 Å². The lowest BCUT2D eigenvalue weighted by Gasteiger charge is -2.05. The quantitative estimate of drug-likeness (QED) is 0.650. The van der Waals surface area contributed by atoms with Gasteiger partial charge in [-0.25, -0.2) is 14.3 Å². The summed E-state index contributed by atoms with van der Waals surface area (Å²) in [4.78, 5) is 16.3. The van der Waals surface area contributed by atoms with E-state index >= 15 is 0 Å². The topological polar surface area (TPSA) is 56.5 Å². The molecule has 0 N–H and O–H groups in total. The van der Waals surface area contributed by atoms with Crippen molar-refractivity contribution >= 4 is 27.5 Å². The van der Waals surface area contributed by atoms with Gasteiger partial charge in [0.15, 0.2) is 11.3 Å². The molecule has 0 aliphatic carbocycles. The Hall–Kier alpha value is -2.21. The fraction of sp³-hybridized carbons (Fsp3) is 0.235. The molecule has 3 aromatic rings. The van der Waals surface area contributed by atoms with Crippen molar-refractivity contribution in [3.8, 4) is 11.3 Å². The van der Waals surface area contributed by atoms with Crippen LogP contribution < -0.4 is 0 Å². The van der Waals surface area contributed by atoms with Crippen LogP contribution >= 0.6 is 15.9 Å². The Morgan fingerprint density at radius 1 is 1.22 bits per heavy atom. The summed E-state index contributed by atoms with van der Waals surface area (Å²) in [6.07, 6.45) is 0.743. The first kappa shape index (κ1) is 15.7. The molecule has 118 valence electrons. The van der Waals surface area contributed by atoms with Crippen molar-refractivity contribution in [1.82, 2.24) is 14.6 Å². The van der Waals surface area contributed by atoms with Gasteiger partial charge < -0.3 is 4.74 Å². The van der Waals surface area contributed by atoms with Gasteiger partial charge in [-0.1, -0.05) is 35.0 Å². The second-order valence-corrected chi connectivity index (χ2v) is 5.93. The molecule has 2 heterocycles. The van der Waals surface area contributed by atoms with Crippen LogP contribution in [0.1, 0.15) is 30.0 Å². The summed E-state index contributed by atoms with van der Waals surface area (Å²) < 4.78 is 7.84. The fourth-order valence-electron chi connectivity index (χ4n) is 2.36. The Kier molecular flexibility index (Phi) is 4.43. The van der Waals surface area contributed by atoms with Gasteiger partial charge in [0.25, 0.3) is 0 Å². The minimum atomic E-state index is -0.406. The molecule has 0 amide bonds. The molecule has 2 aromatic heterocycles. The Labute approximate surface area is 142 Å². The first-order chi connectivity index (χ1) is 11.1. The van der Waals surface area contributed by atoms with E-state index in [0.29, 0.717) is 17.9 Å². The van der Waals surface area contributed by atoms with Crippen molar-refractivity contribution in [2.24, 2.45) is 0 Å². The number of benzene rings is 1. The normalized spacial score (nSPS) is 10.9. The summed E-state index contributed by atoms with van der Waals surface area (Å²) in [7, 11) is 0. The number of fused-ring (bicyclic) bond motifs is 1. The van der Waals surface area contributed by atoms with Gasteiger partial charge in [0.1, 0.15) is 0 Å². The molecule has 5 nitrogen and oxygen atoms in total. The summed E-state index contributed by atoms with van der Waals surface area (Å²) in [5.41, 5.74) is 3.70. The monoisotopic (exact) mass is 373 g/mol. The maximum atomic E-state index is 12.0. The molecule has 0 aliphatic rings. The van der Waals surface area contributed by atoms with Crippen molar-refractivity contribution in [3.05, 3.63) is 52.3 Å². The third-order valence-corrected chi connectivity index (χ3v) is 4.02. The van der Waals surface area contributed by atoms with Crippen molar-refractivity contribution in [1.29, 1.82) is 0 Å². The average molecular weight is 374 g/mol. The molecule has 23 heavy (non-hydrogen) atoms. The third kappa shape index (κ3) is 3.12. The van der Waals surface area contributed by atoms with Gasteiger partial charge >= 0.3 is 5.97 Å². The molecule has 3 rings (SSSR count). The van der Waals surface area contributed by atoms with E-state index < -0.39 is 5.97 Å². The molecule has 0 unspecified atom stereocenters. The van der Waals surface area contributed by atoms with Gasteiger partial charge in [-0.2, -0.15) is 5.10 Å². The van der Waals surface area contributed by atoms with E-state index in [1.54, 1.807) is 17.5 Å². The minimum absolute atomic E-state index is 0.318. The van der Waals surface area contributed by atoms with Gasteiger partial charge in [-0.05, 0) is 31.5 Å². The second kappa shape index (κ2) is 6.50. The number of hydrogen-bond acceptors (Lipinski definition) is 4. The maximum Gasteiger partial charge on any atom is 0.357 e. The van der Waals surface area contributed by atoms with Gasteiger partial charge in [-0.15, -0.1) is 0 Å². The van der Waals surface area contributed by atoms with E-state index in [1.165, 1.54) is 0 Å². The number of ether oxygens (including phenoxy) is 1. The Bertz CT molecular complexity index is 856.